The molecule has 0 amide bonds. The van der Waals surface area contributed by atoms with Crippen LogP contribution in [0.25, 0.3) is 11.6 Å². The van der Waals surface area contributed by atoms with Crippen molar-refractivity contribution in [3.05, 3.63) is 71.8 Å². The van der Waals surface area contributed by atoms with Crippen molar-refractivity contribution < 1.29 is 4.79 Å². The molecule has 0 fully saturated rings. The van der Waals surface area contributed by atoms with Gasteiger partial charge in [0.25, 0.3) is 5.24 Å². The van der Waals surface area contributed by atoms with Gasteiger partial charge < -0.3 is 0 Å². The summed E-state index contributed by atoms with van der Waals surface area (Å²) in [6.07, 6.45) is 1.80. The van der Waals surface area contributed by atoms with Crippen LogP contribution in [0, 0.1) is 0 Å². The molecule has 17 heavy (non-hydrogen) atoms. The lowest BCUT2D eigenvalue weighted by atomic mass is 10.0. The van der Waals surface area contributed by atoms with Crippen LogP contribution < -0.4 is 0 Å². The van der Waals surface area contributed by atoms with Crippen molar-refractivity contribution in [2.24, 2.45) is 0 Å². The predicted molar refractivity (Wildman–Crippen MR) is 71.6 cm³/mol. The van der Waals surface area contributed by atoms with Crippen molar-refractivity contribution in [3.63, 3.8) is 0 Å². The van der Waals surface area contributed by atoms with E-state index in [0.717, 1.165) is 11.1 Å². The first-order valence-electron chi connectivity index (χ1n) is 5.29. The van der Waals surface area contributed by atoms with Gasteiger partial charge in [0.15, 0.2) is 0 Å². The zero-order valence-corrected chi connectivity index (χ0v) is 9.89. The second kappa shape index (κ2) is 5.46. The van der Waals surface area contributed by atoms with Crippen molar-refractivity contribution in [1.82, 2.24) is 0 Å². The topological polar surface area (TPSA) is 17.1 Å². The summed E-state index contributed by atoms with van der Waals surface area (Å²) in [5.41, 5.74) is 2.30. The van der Waals surface area contributed by atoms with E-state index in [4.69, 9.17) is 11.6 Å². The Morgan fingerprint density at radius 1 is 0.882 bits per heavy atom. The summed E-state index contributed by atoms with van der Waals surface area (Å²) in [6.45, 7) is 0. The third kappa shape index (κ3) is 3.05. The monoisotopic (exact) mass is 242 g/mol. The Kier molecular flexibility index (Phi) is 3.73. The molecule has 0 aliphatic heterocycles. The van der Waals surface area contributed by atoms with Gasteiger partial charge in [-0.25, -0.2) is 0 Å². The molecular weight excluding hydrogens is 232 g/mol. The molecule has 2 heteroatoms. The lowest BCUT2D eigenvalue weighted by Gasteiger charge is -2.02. The molecule has 0 aromatic heterocycles. The highest BCUT2D eigenvalue weighted by Gasteiger charge is 2.08. The fraction of sp³-hybridized carbons (Fsp3) is 0. The fourth-order valence-electron chi connectivity index (χ4n) is 1.59. The number of hydrogen-bond donors (Lipinski definition) is 0. The number of halogens is 1. The number of allylic oxidation sites excluding steroid dienone is 1. The van der Waals surface area contributed by atoms with Crippen molar-refractivity contribution in [2.75, 3.05) is 0 Å². The van der Waals surface area contributed by atoms with E-state index in [0.29, 0.717) is 5.57 Å². The Morgan fingerprint density at radius 2 is 1.41 bits per heavy atom. The van der Waals surface area contributed by atoms with Gasteiger partial charge in [-0.05, 0) is 28.8 Å². The van der Waals surface area contributed by atoms with E-state index in [9.17, 15) is 4.79 Å². The van der Waals surface area contributed by atoms with Crippen LogP contribution in [0.4, 0.5) is 0 Å². The van der Waals surface area contributed by atoms with Gasteiger partial charge in [-0.1, -0.05) is 60.7 Å². The molecule has 2 aromatic rings. The first kappa shape index (κ1) is 11.6. The molecule has 0 radical (unpaired) electrons. The summed E-state index contributed by atoms with van der Waals surface area (Å²) in [5.74, 6) is 0. The summed E-state index contributed by atoms with van der Waals surface area (Å²) in [4.78, 5) is 11.4. The van der Waals surface area contributed by atoms with Crippen LogP contribution in [0.3, 0.4) is 0 Å². The normalized spacial score (nSPS) is 11.2. The van der Waals surface area contributed by atoms with Crippen LogP contribution in [0.15, 0.2) is 60.7 Å². The Balaban J connectivity index is 2.44. The van der Waals surface area contributed by atoms with Crippen LogP contribution in [0.5, 0.6) is 0 Å². The average molecular weight is 243 g/mol. The Labute approximate surface area is 105 Å². The number of carbonyl (C=O) groups is 1. The molecule has 0 saturated heterocycles. The van der Waals surface area contributed by atoms with Crippen LogP contribution in [0.1, 0.15) is 11.1 Å². The Hall–Kier alpha value is -1.86. The summed E-state index contributed by atoms with van der Waals surface area (Å²) < 4.78 is 0. The molecule has 2 aromatic carbocycles. The van der Waals surface area contributed by atoms with E-state index in [1.807, 2.05) is 60.7 Å². The third-order valence-corrected chi connectivity index (χ3v) is 2.61. The molecule has 0 atom stereocenters. The maximum atomic E-state index is 11.4. The van der Waals surface area contributed by atoms with Crippen LogP contribution in [-0.2, 0) is 4.79 Å². The van der Waals surface area contributed by atoms with Gasteiger partial charge in [0.2, 0.25) is 0 Å². The SMILES string of the molecule is O=C(Cl)/C(=C\c1ccccc1)c1ccccc1. The van der Waals surface area contributed by atoms with Gasteiger partial charge in [0, 0.05) is 5.57 Å². The molecule has 0 heterocycles. The van der Waals surface area contributed by atoms with E-state index in [1.165, 1.54) is 0 Å². The highest BCUT2D eigenvalue weighted by Crippen LogP contribution is 2.20. The van der Waals surface area contributed by atoms with Gasteiger partial charge in [0.1, 0.15) is 0 Å². The Morgan fingerprint density at radius 3 is 1.94 bits per heavy atom. The lowest BCUT2D eigenvalue weighted by molar-refractivity contribution is -0.106. The van der Waals surface area contributed by atoms with Gasteiger partial charge in [-0.15, -0.1) is 0 Å². The number of hydrogen-bond acceptors (Lipinski definition) is 1. The maximum absolute atomic E-state index is 11.4. The minimum Gasteiger partial charge on any atom is -0.276 e. The molecule has 84 valence electrons. The number of rotatable bonds is 3. The average Bonchev–Trinajstić information content (AvgIpc) is 2.38. The van der Waals surface area contributed by atoms with Gasteiger partial charge in [0.05, 0.1) is 0 Å². The molecule has 0 saturated carbocycles. The van der Waals surface area contributed by atoms with Crippen molar-refractivity contribution in [1.29, 1.82) is 0 Å². The van der Waals surface area contributed by atoms with E-state index in [-0.39, 0.29) is 0 Å². The Bertz CT molecular complexity index is 529. The minimum atomic E-state index is -0.444. The van der Waals surface area contributed by atoms with Crippen LogP contribution in [0.2, 0.25) is 0 Å². The lowest BCUT2D eigenvalue weighted by Crippen LogP contribution is -1.92. The van der Waals surface area contributed by atoms with Crippen molar-refractivity contribution >= 4 is 28.5 Å². The summed E-state index contributed by atoms with van der Waals surface area (Å²) in [7, 11) is 0. The molecule has 0 unspecified atom stereocenters. The van der Waals surface area contributed by atoms with E-state index in [1.54, 1.807) is 6.08 Å². The van der Waals surface area contributed by atoms with Gasteiger partial charge in [-0.3, -0.25) is 4.79 Å². The summed E-state index contributed by atoms with van der Waals surface area (Å²) >= 11 is 5.62. The van der Waals surface area contributed by atoms with Crippen molar-refractivity contribution in [3.8, 4) is 0 Å². The molecule has 0 aliphatic carbocycles. The third-order valence-electron chi connectivity index (χ3n) is 2.41. The van der Waals surface area contributed by atoms with Crippen LogP contribution >= 0.6 is 11.6 Å². The number of benzene rings is 2. The highest BCUT2D eigenvalue weighted by molar-refractivity contribution is 6.75. The first-order chi connectivity index (χ1) is 8.27. The standard InChI is InChI=1S/C15H11ClO/c16-15(17)14(13-9-5-2-6-10-13)11-12-7-3-1-4-8-12/h1-11H/b14-11-. The van der Waals surface area contributed by atoms with Crippen molar-refractivity contribution in [2.45, 2.75) is 0 Å². The maximum Gasteiger partial charge on any atom is 0.253 e. The van der Waals surface area contributed by atoms with Gasteiger partial charge in [-0.2, -0.15) is 0 Å². The smallest absolute Gasteiger partial charge is 0.253 e. The second-order valence-corrected chi connectivity index (χ2v) is 3.95. The molecule has 0 spiro atoms. The summed E-state index contributed by atoms with van der Waals surface area (Å²) in [6, 6.07) is 19.1. The fourth-order valence-corrected chi connectivity index (χ4v) is 1.75. The van der Waals surface area contributed by atoms with Crippen LogP contribution in [-0.4, -0.2) is 5.24 Å². The first-order valence-corrected chi connectivity index (χ1v) is 5.67. The van der Waals surface area contributed by atoms with E-state index in [2.05, 4.69) is 0 Å². The second-order valence-electron chi connectivity index (χ2n) is 3.61. The zero-order valence-electron chi connectivity index (χ0n) is 9.14. The van der Waals surface area contributed by atoms with Gasteiger partial charge >= 0.3 is 0 Å². The summed E-state index contributed by atoms with van der Waals surface area (Å²) in [5, 5.41) is -0.444. The molecule has 0 bridgehead atoms. The zero-order chi connectivity index (χ0) is 12.1. The molecule has 0 N–H and O–H groups in total. The minimum absolute atomic E-state index is 0.444. The molecule has 2 rings (SSSR count). The highest BCUT2D eigenvalue weighted by atomic mass is 35.5. The molecule has 1 nitrogen and oxygen atoms in total. The predicted octanol–water partition coefficient (Wildman–Crippen LogP) is 3.99. The quantitative estimate of drug-likeness (QED) is 0.452. The van der Waals surface area contributed by atoms with E-state index >= 15 is 0 Å². The molecule has 0 aliphatic rings. The molecular formula is C15H11ClO. The largest absolute Gasteiger partial charge is 0.276 e. The van der Waals surface area contributed by atoms with E-state index < -0.39 is 5.24 Å². The number of carbonyl (C=O) groups excluding carboxylic acids is 1.